The first-order valence-corrected chi connectivity index (χ1v) is 8.80. The minimum atomic E-state index is -0.226. The number of aryl methyl sites for hydroxylation is 1. The monoisotopic (exact) mass is 342 g/mol. The van der Waals surface area contributed by atoms with Crippen LogP contribution in [-0.4, -0.2) is 57.5 Å². The molecule has 0 spiro atoms. The summed E-state index contributed by atoms with van der Waals surface area (Å²) < 4.78 is 15.1. The predicted molar refractivity (Wildman–Crippen MR) is 92.8 cm³/mol. The highest BCUT2D eigenvalue weighted by molar-refractivity contribution is 5.91. The molecule has 25 heavy (non-hydrogen) atoms. The van der Waals surface area contributed by atoms with E-state index in [1.54, 1.807) is 17.0 Å². The summed E-state index contributed by atoms with van der Waals surface area (Å²) in [7, 11) is 3.97. The van der Waals surface area contributed by atoms with Crippen molar-refractivity contribution in [2.75, 3.05) is 20.1 Å². The first kappa shape index (κ1) is 16.3. The molecule has 2 saturated heterocycles. The number of carbonyl (C=O) groups excluding carboxylic acids is 1. The molecular formula is C19H23FN4O. The molecule has 5 nitrogen and oxygen atoms in total. The van der Waals surface area contributed by atoms with E-state index in [4.69, 9.17) is 0 Å². The lowest BCUT2D eigenvalue weighted by Crippen LogP contribution is -2.50. The number of halogens is 1. The Hall–Kier alpha value is -2.21. The molecule has 0 unspecified atom stereocenters. The molecule has 6 heteroatoms. The van der Waals surface area contributed by atoms with E-state index in [9.17, 15) is 9.18 Å². The zero-order chi connectivity index (χ0) is 17.6. The van der Waals surface area contributed by atoms with E-state index in [-0.39, 0.29) is 29.7 Å². The second kappa shape index (κ2) is 6.26. The lowest BCUT2D eigenvalue weighted by Gasteiger charge is -2.39. The van der Waals surface area contributed by atoms with Crippen molar-refractivity contribution < 1.29 is 9.18 Å². The number of rotatable bonds is 2. The number of piperidine rings is 1. The van der Waals surface area contributed by atoms with Crippen LogP contribution in [0.3, 0.4) is 0 Å². The number of carbonyl (C=O) groups is 1. The quantitative estimate of drug-likeness (QED) is 0.841. The summed E-state index contributed by atoms with van der Waals surface area (Å²) in [5.41, 5.74) is 1.10. The molecule has 4 rings (SSSR count). The van der Waals surface area contributed by atoms with Crippen LogP contribution in [0.1, 0.15) is 34.9 Å². The fourth-order valence-electron chi connectivity index (χ4n) is 4.48. The van der Waals surface area contributed by atoms with Crippen LogP contribution in [-0.2, 0) is 7.05 Å². The summed E-state index contributed by atoms with van der Waals surface area (Å²) in [4.78, 5) is 21.7. The van der Waals surface area contributed by atoms with E-state index >= 15 is 0 Å². The van der Waals surface area contributed by atoms with Crippen LogP contribution in [0.5, 0.6) is 0 Å². The summed E-state index contributed by atoms with van der Waals surface area (Å²) in [5, 5.41) is 0. The zero-order valence-electron chi connectivity index (χ0n) is 14.6. The number of amides is 1. The van der Waals surface area contributed by atoms with Gasteiger partial charge in [0.1, 0.15) is 5.82 Å². The van der Waals surface area contributed by atoms with Gasteiger partial charge in [-0.05, 0) is 44.1 Å². The number of likely N-dealkylation sites (N-methyl/N-ethyl adjacent to an activating group) is 1. The van der Waals surface area contributed by atoms with Gasteiger partial charge in [0.15, 0.2) is 5.82 Å². The van der Waals surface area contributed by atoms with Gasteiger partial charge in [0.25, 0.3) is 5.91 Å². The van der Waals surface area contributed by atoms with Crippen LogP contribution in [0.25, 0.3) is 0 Å². The summed E-state index contributed by atoms with van der Waals surface area (Å²) in [6.45, 7) is 1.68. The summed E-state index contributed by atoms with van der Waals surface area (Å²) in [5.74, 6) is 0.436. The van der Waals surface area contributed by atoms with Gasteiger partial charge in [-0.1, -0.05) is 12.1 Å². The molecule has 1 aromatic heterocycles. The van der Waals surface area contributed by atoms with Crippen molar-refractivity contribution in [1.29, 1.82) is 0 Å². The maximum atomic E-state index is 13.3. The van der Waals surface area contributed by atoms with Gasteiger partial charge in [-0.25, -0.2) is 9.37 Å². The Morgan fingerprint density at radius 1 is 1.24 bits per heavy atom. The van der Waals surface area contributed by atoms with Crippen LogP contribution in [0.15, 0.2) is 36.7 Å². The number of benzene rings is 1. The molecule has 3 heterocycles. The van der Waals surface area contributed by atoms with Gasteiger partial charge < -0.3 is 14.4 Å². The summed E-state index contributed by atoms with van der Waals surface area (Å²) >= 11 is 0. The average molecular weight is 342 g/mol. The molecule has 0 aliphatic carbocycles. The number of aromatic nitrogens is 2. The Morgan fingerprint density at radius 2 is 2.00 bits per heavy atom. The van der Waals surface area contributed by atoms with E-state index in [0.717, 1.165) is 24.9 Å². The van der Waals surface area contributed by atoms with Crippen molar-refractivity contribution in [2.45, 2.75) is 30.8 Å². The van der Waals surface area contributed by atoms with Gasteiger partial charge in [-0.2, -0.15) is 0 Å². The number of fused-ring (bicyclic) bond motifs is 1. The summed E-state index contributed by atoms with van der Waals surface area (Å²) in [6.07, 6.45) is 5.54. The van der Waals surface area contributed by atoms with Crippen LogP contribution in [0.2, 0.25) is 0 Å². The largest absolute Gasteiger partial charge is 0.331 e. The number of nitrogens with zero attached hydrogens (tertiary/aromatic N) is 4. The number of hydrogen-bond donors (Lipinski definition) is 0. The van der Waals surface area contributed by atoms with Crippen LogP contribution < -0.4 is 0 Å². The molecule has 2 aliphatic rings. The van der Waals surface area contributed by atoms with Crippen molar-refractivity contribution in [1.82, 2.24) is 19.4 Å². The van der Waals surface area contributed by atoms with E-state index in [1.807, 2.05) is 24.1 Å². The van der Waals surface area contributed by atoms with Crippen molar-refractivity contribution in [3.63, 3.8) is 0 Å². The minimum absolute atomic E-state index is 0.0117. The fraction of sp³-hybridized carbons (Fsp3) is 0.474. The summed E-state index contributed by atoms with van der Waals surface area (Å²) in [6, 6.07) is 7.18. The molecule has 0 bridgehead atoms. The Morgan fingerprint density at radius 3 is 2.68 bits per heavy atom. The highest BCUT2D eigenvalue weighted by Gasteiger charge is 2.48. The van der Waals surface area contributed by atoms with Crippen LogP contribution >= 0.6 is 0 Å². The molecule has 2 aromatic rings. The molecular weight excluding hydrogens is 319 g/mol. The Labute approximate surface area is 147 Å². The smallest absolute Gasteiger partial charge is 0.290 e. The Bertz CT molecular complexity index is 772. The van der Waals surface area contributed by atoms with Crippen molar-refractivity contribution >= 4 is 5.91 Å². The first-order chi connectivity index (χ1) is 12.1. The van der Waals surface area contributed by atoms with Gasteiger partial charge in [-0.15, -0.1) is 0 Å². The lowest BCUT2D eigenvalue weighted by atomic mass is 9.86. The molecule has 0 N–H and O–H groups in total. The number of hydrogen-bond acceptors (Lipinski definition) is 3. The fourth-order valence-corrected chi connectivity index (χ4v) is 4.48. The molecule has 0 saturated carbocycles. The van der Waals surface area contributed by atoms with E-state index in [1.165, 1.54) is 12.1 Å². The third-order valence-corrected chi connectivity index (χ3v) is 5.69. The second-order valence-corrected chi connectivity index (χ2v) is 7.16. The van der Waals surface area contributed by atoms with Gasteiger partial charge in [-0.3, -0.25) is 4.79 Å². The number of likely N-dealkylation sites (tertiary alicyclic amines) is 2. The van der Waals surface area contributed by atoms with Crippen LogP contribution in [0, 0.1) is 5.82 Å². The first-order valence-electron chi connectivity index (χ1n) is 8.80. The molecule has 2 aliphatic heterocycles. The SMILES string of the molecule is CN1CCC[C@@H]2[C@H]1[C@@H](c1ccc(F)cc1)CN2C(=O)c1nccn1C. The Balaban J connectivity index is 1.68. The molecule has 1 aromatic carbocycles. The van der Waals surface area contributed by atoms with Gasteiger partial charge >= 0.3 is 0 Å². The van der Waals surface area contributed by atoms with E-state index < -0.39 is 0 Å². The average Bonchev–Trinajstić information content (AvgIpc) is 3.20. The lowest BCUT2D eigenvalue weighted by molar-refractivity contribution is 0.0614. The van der Waals surface area contributed by atoms with Crippen molar-refractivity contribution in [3.05, 3.63) is 53.9 Å². The van der Waals surface area contributed by atoms with Crippen LogP contribution in [0.4, 0.5) is 4.39 Å². The van der Waals surface area contributed by atoms with Gasteiger partial charge in [0.05, 0.1) is 0 Å². The molecule has 2 fully saturated rings. The standard InChI is InChI=1S/C19H23FN4O/c1-22-10-3-4-16-17(22)15(13-5-7-14(20)8-6-13)12-24(16)19(25)18-21-9-11-23(18)2/h5-9,11,15-17H,3-4,10,12H2,1-2H3/t15-,16-,17-/m1/s1. The molecule has 1 amide bonds. The highest BCUT2D eigenvalue weighted by Crippen LogP contribution is 2.40. The predicted octanol–water partition coefficient (Wildman–Crippen LogP) is 2.26. The second-order valence-electron chi connectivity index (χ2n) is 7.16. The van der Waals surface area contributed by atoms with E-state index in [0.29, 0.717) is 12.4 Å². The zero-order valence-corrected chi connectivity index (χ0v) is 14.6. The van der Waals surface area contributed by atoms with Gasteiger partial charge in [0, 0.05) is 44.0 Å². The number of imidazole rings is 1. The van der Waals surface area contributed by atoms with Gasteiger partial charge in [0.2, 0.25) is 0 Å². The molecule has 132 valence electrons. The van der Waals surface area contributed by atoms with Crippen molar-refractivity contribution in [2.24, 2.45) is 7.05 Å². The molecule has 3 atom stereocenters. The normalized spacial score (nSPS) is 26.7. The van der Waals surface area contributed by atoms with Crippen molar-refractivity contribution in [3.8, 4) is 0 Å². The Kier molecular flexibility index (Phi) is 4.07. The maximum Gasteiger partial charge on any atom is 0.290 e. The van der Waals surface area contributed by atoms with E-state index in [2.05, 4.69) is 16.9 Å². The minimum Gasteiger partial charge on any atom is -0.331 e. The third-order valence-electron chi connectivity index (χ3n) is 5.69. The third kappa shape index (κ3) is 2.74. The molecule has 0 radical (unpaired) electrons. The topological polar surface area (TPSA) is 41.4 Å². The highest BCUT2D eigenvalue weighted by atomic mass is 19.1. The maximum absolute atomic E-state index is 13.3.